The van der Waals surface area contributed by atoms with E-state index in [9.17, 15) is 14.2 Å². The number of H-pyrrole nitrogens is 1. The molecule has 1 heterocycles. The number of hydrogen-bond donors (Lipinski definition) is 5. The molecule has 0 radical (unpaired) electrons. The van der Waals surface area contributed by atoms with Gasteiger partial charge in [0.25, 0.3) is 0 Å². The zero-order chi connectivity index (χ0) is 17.7. The molecule has 0 bridgehead atoms. The van der Waals surface area contributed by atoms with Gasteiger partial charge >= 0.3 is 7.82 Å². The predicted molar refractivity (Wildman–Crippen MR) is 85.7 cm³/mol. The van der Waals surface area contributed by atoms with Crippen LogP contribution in [0.3, 0.4) is 0 Å². The average Bonchev–Trinajstić information content (AvgIpc) is 2.88. The lowest BCUT2D eigenvalue weighted by atomic mass is 10.0. The van der Waals surface area contributed by atoms with E-state index in [4.69, 9.17) is 15.5 Å². The van der Waals surface area contributed by atoms with Crippen molar-refractivity contribution in [3.8, 4) is 0 Å². The van der Waals surface area contributed by atoms with E-state index in [0.29, 0.717) is 0 Å². The molecule has 0 spiro atoms. The van der Waals surface area contributed by atoms with Crippen LogP contribution in [0.1, 0.15) is 12.0 Å². The first kappa shape index (κ1) is 18.2. The van der Waals surface area contributed by atoms with E-state index in [-0.39, 0.29) is 12.8 Å². The Hall–Kier alpha value is -2.19. The van der Waals surface area contributed by atoms with Crippen molar-refractivity contribution in [2.75, 3.05) is 6.61 Å². The Balaban J connectivity index is 1.98. The molecule has 0 saturated heterocycles. The van der Waals surface area contributed by atoms with Gasteiger partial charge in [0.1, 0.15) is 6.04 Å². The van der Waals surface area contributed by atoms with Gasteiger partial charge in [-0.15, -0.1) is 0 Å². The molecule has 2 rings (SSSR count). The molecule has 0 saturated carbocycles. The van der Waals surface area contributed by atoms with Crippen LogP contribution in [0.5, 0.6) is 0 Å². The van der Waals surface area contributed by atoms with E-state index in [1.54, 1.807) is 6.20 Å². The van der Waals surface area contributed by atoms with Crippen LogP contribution in [0.4, 0.5) is 0 Å². The van der Waals surface area contributed by atoms with Crippen molar-refractivity contribution in [1.82, 2.24) is 10.3 Å². The third-order valence-corrected chi connectivity index (χ3v) is 3.89. The third-order valence-electron chi connectivity index (χ3n) is 3.37. The molecule has 9 nitrogen and oxygen atoms in total. The maximum Gasteiger partial charge on any atom is 0.469 e. The van der Waals surface area contributed by atoms with E-state index in [1.807, 2.05) is 24.3 Å². The number of carbonyl (C=O) groups excluding carboxylic acids is 2. The fraction of sp³-hybridized carbons (Fsp3) is 0.286. The number of nitrogens with two attached hydrogens (primary N) is 1. The highest BCUT2D eigenvalue weighted by atomic mass is 31.2. The summed E-state index contributed by atoms with van der Waals surface area (Å²) in [5, 5.41) is 3.36. The standard InChI is InChI=1S/C14H18N3O6P/c15-14(19)12(17-13(18)5-6-23-24(20,21)22)7-9-8-16-11-4-2-1-3-10(9)11/h1-4,8,12,16H,5-7H2,(H2,15,19)(H,17,18)(H2,20,21,22)/t12-/m0/s1. The Labute approximate surface area is 137 Å². The molecule has 2 amide bonds. The molecular formula is C14H18N3O6P. The molecule has 1 aromatic carbocycles. The number of benzene rings is 1. The summed E-state index contributed by atoms with van der Waals surface area (Å²) in [5.41, 5.74) is 7.04. The fourth-order valence-corrected chi connectivity index (χ4v) is 2.60. The molecule has 10 heteroatoms. The van der Waals surface area contributed by atoms with Gasteiger partial charge in [0.05, 0.1) is 13.0 Å². The minimum absolute atomic E-state index is 0.199. The second-order valence-electron chi connectivity index (χ2n) is 5.16. The number of aromatic nitrogens is 1. The number of amides is 2. The molecule has 0 aliphatic heterocycles. The van der Waals surface area contributed by atoms with E-state index < -0.39 is 32.3 Å². The van der Waals surface area contributed by atoms with Gasteiger partial charge < -0.3 is 25.8 Å². The number of phosphoric acid groups is 1. The van der Waals surface area contributed by atoms with E-state index in [1.165, 1.54) is 0 Å². The van der Waals surface area contributed by atoms with Gasteiger partial charge in [0.2, 0.25) is 11.8 Å². The summed E-state index contributed by atoms with van der Waals surface area (Å²) in [6.45, 7) is -0.464. The molecule has 0 fully saturated rings. The summed E-state index contributed by atoms with van der Waals surface area (Å²) in [5.74, 6) is -1.29. The first-order valence-electron chi connectivity index (χ1n) is 7.10. The van der Waals surface area contributed by atoms with Crippen molar-refractivity contribution in [2.24, 2.45) is 5.73 Å². The second-order valence-corrected chi connectivity index (χ2v) is 6.40. The van der Waals surface area contributed by atoms with Gasteiger partial charge in [-0.2, -0.15) is 0 Å². The van der Waals surface area contributed by atoms with Gasteiger partial charge in [-0.3, -0.25) is 14.1 Å². The molecule has 2 aromatic rings. The molecule has 1 aromatic heterocycles. The van der Waals surface area contributed by atoms with Crippen LogP contribution in [-0.2, 0) is 25.1 Å². The van der Waals surface area contributed by atoms with E-state index >= 15 is 0 Å². The summed E-state index contributed by atoms with van der Waals surface area (Å²) in [7, 11) is -4.62. The third kappa shape index (κ3) is 5.17. The van der Waals surface area contributed by atoms with Gasteiger partial charge in [-0.05, 0) is 11.6 Å². The molecule has 0 unspecified atom stereocenters. The van der Waals surface area contributed by atoms with Crippen molar-refractivity contribution < 1.29 is 28.5 Å². The van der Waals surface area contributed by atoms with Crippen molar-refractivity contribution in [2.45, 2.75) is 18.9 Å². The van der Waals surface area contributed by atoms with Crippen molar-refractivity contribution in [3.05, 3.63) is 36.0 Å². The molecule has 0 aliphatic rings. The summed E-state index contributed by atoms with van der Waals surface area (Å²) in [6.07, 6.45) is 1.64. The molecule has 130 valence electrons. The van der Waals surface area contributed by atoms with Crippen LogP contribution >= 0.6 is 7.82 Å². The van der Waals surface area contributed by atoms with Crippen molar-refractivity contribution in [3.63, 3.8) is 0 Å². The Morgan fingerprint density at radius 2 is 2.04 bits per heavy atom. The van der Waals surface area contributed by atoms with Crippen LogP contribution in [-0.4, -0.2) is 39.2 Å². The van der Waals surface area contributed by atoms with Crippen molar-refractivity contribution in [1.29, 1.82) is 0 Å². The molecule has 1 atom stereocenters. The Bertz CT molecular complexity index is 784. The summed E-state index contributed by atoms with van der Waals surface area (Å²) in [6, 6.07) is 6.56. The number of nitrogens with one attached hydrogen (secondary N) is 2. The van der Waals surface area contributed by atoms with E-state index in [2.05, 4.69) is 14.8 Å². The van der Waals surface area contributed by atoms with Crippen LogP contribution in [0.15, 0.2) is 30.5 Å². The normalized spacial score (nSPS) is 12.9. The monoisotopic (exact) mass is 355 g/mol. The van der Waals surface area contributed by atoms with E-state index in [0.717, 1.165) is 16.5 Å². The zero-order valence-corrected chi connectivity index (χ0v) is 13.5. The second kappa shape index (κ2) is 7.59. The fourth-order valence-electron chi connectivity index (χ4n) is 2.27. The molecule has 6 N–H and O–H groups in total. The van der Waals surface area contributed by atoms with Gasteiger partial charge in [0, 0.05) is 23.5 Å². The number of para-hydroxylation sites is 1. The van der Waals surface area contributed by atoms with Crippen LogP contribution in [0.2, 0.25) is 0 Å². The quantitative estimate of drug-likeness (QED) is 0.426. The lowest BCUT2D eigenvalue weighted by Gasteiger charge is -2.15. The number of hydrogen-bond acceptors (Lipinski definition) is 4. The number of aromatic amines is 1. The van der Waals surface area contributed by atoms with Gasteiger partial charge in [0.15, 0.2) is 0 Å². The maximum atomic E-state index is 11.8. The van der Waals surface area contributed by atoms with Crippen LogP contribution in [0, 0.1) is 0 Å². The minimum Gasteiger partial charge on any atom is -0.368 e. The Kier molecular flexibility index (Phi) is 5.74. The van der Waals surface area contributed by atoms with Crippen LogP contribution in [0.25, 0.3) is 10.9 Å². The SMILES string of the molecule is NC(=O)[C@H](Cc1c[nH]c2ccccc12)NC(=O)CCOP(=O)(O)O. The highest BCUT2D eigenvalue weighted by Crippen LogP contribution is 2.35. The molecular weight excluding hydrogens is 337 g/mol. The summed E-state index contributed by atoms with van der Waals surface area (Å²) in [4.78, 5) is 43.5. The maximum absolute atomic E-state index is 11.8. The smallest absolute Gasteiger partial charge is 0.368 e. The largest absolute Gasteiger partial charge is 0.469 e. The minimum atomic E-state index is -4.62. The number of carbonyl (C=O) groups is 2. The zero-order valence-electron chi connectivity index (χ0n) is 12.6. The Morgan fingerprint density at radius 3 is 2.71 bits per heavy atom. The first-order chi connectivity index (χ1) is 11.3. The lowest BCUT2D eigenvalue weighted by Crippen LogP contribution is -2.46. The van der Waals surface area contributed by atoms with Crippen molar-refractivity contribution >= 4 is 30.5 Å². The number of rotatable bonds is 8. The number of phosphoric ester groups is 1. The Morgan fingerprint density at radius 1 is 1.33 bits per heavy atom. The predicted octanol–water partition coefficient (Wildman–Crippen LogP) is 0.180. The number of fused-ring (bicyclic) bond motifs is 1. The number of primary amides is 1. The highest BCUT2D eigenvalue weighted by Gasteiger charge is 2.21. The molecule has 24 heavy (non-hydrogen) atoms. The lowest BCUT2D eigenvalue weighted by molar-refractivity contribution is -0.127. The summed E-state index contributed by atoms with van der Waals surface area (Å²) >= 11 is 0. The van der Waals surface area contributed by atoms with Gasteiger partial charge in [-0.1, -0.05) is 18.2 Å². The van der Waals surface area contributed by atoms with Gasteiger partial charge in [-0.25, -0.2) is 4.57 Å². The van der Waals surface area contributed by atoms with Crippen LogP contribution < -0.4 is 11.1 Å². The topological polar surface area (TPSA) is 155 Å². The average molecular weight is 355 g/mol. The highest BCUT2D eigenvalue weighted by molar-refractivity contribution is 7.46. The molecule has 0 aliphatic carbocycles. The first-order valence-corrected chi connectivity index (χ1v) is 8.63. The summed E-state index contributed by atoms with van der Waals surface area (Å²) < 4.78 is 14.7.